The summed E-state index contributed by atoms with van der Waals surface area (Å²) in [5, 5.41) is 0. The van der Waals surface area contributed by atoms with Crippen molar-refractivity contribution >= 4 is 0 Å². The van der Waals surface area contributed by atoms with Crippen LogP contribution in [0.3, 0.4) is 0 Å². The summed E-state index contributed by atoms with van der Waals surface area (Å²) < 4.78 is 0. The zero-order chi connectivity index (χ0) is 6.41. The van der Waals surface area contributed by atoms with Crippen molar-refractivity contribution in [2.24, 2.45) is 0 Å². The average molecular weight is 146 g/mol. The van der Waals surface area contributed by atoms with Gasteiger partial charge in [-0.05, 0) is 19.3 Å². The number of hydrogen-bond acceptors (Lipinski definition) is 2. The molecule has 6 N–H and O–H groups in total. The molecular weight excluding hydrogens is 124 g/mol. The molecule has 0 saturated heterocycles. The molecular formula is C8H22N2. The maximum Gasteiger partial charge on any atom is -0.0349 e. The van der Waals surface area contributed by atoms with Crippen LogP contribution in [0, 0.1) is 0 Å². The van der Waals surface area contributed by atoms with Gasteiger partial charge in [-0.25, -0.2) is 0 Å². The maximum absolute atomic E-state index is 2.32. The summed E-state index contributed by atoms with van der Waals surface area (Å²) in [5.41, 5.74) is 1.59. The van der Waals surface area contributed by atoms with E-state index >= 15 is 0 Å². The van der Waals surface area contributed by atoms with Gasteiger partial charge in [-0.15, -0.1) is 0 Å². The van der Waals surface area contributed by atoms with E-state index in [0.717, 1.165) is 0 Å². The maximum atomic E-state index is 2.32. The predicted octanol–water partition coefficient (Wildman–Crippen LogP) is 3.47. The van der Waals surface area contributed by atoms with Crippen molar-refractivity contribution in [3.8, 4) is 0 Å². The van der Waals surface area contributed by atoms with Gasteiger partial charge < -0.3 is 12.3 Å². The fraction of sp³-hybridized carbons (Fsp3) is 0.750. The summed E-state index contributed by atoms with van der Waals surface area (Å²) in [6.45, 7) is 6.61. The van der Waals surface area contributed by atoms with E-state index in [0.29, 0.717) is 0 Å². The molecule has 0 aromatic carbocycles. The Labute approximate surface area is 64.9 Å². The van der Waals surface area contributed by atoms with E-state index in [1.54, 1.807) is 5.57 Å². The molecule has 0 radical (unpaired) electrons. The minimum Gasteiger partial charge on any atom is -0.344 e. The number of allylic oxidation sites excluding steroid dienone is 2. The highest BCUT2D eigenvalue weighted by molar-refractivity contribution is 4.99. The van der Waals surface area contributed by atoms with Crippen LogP contribution < -0.4 is 12.3 Å². The van der Waals surface area contributed by atoms with Gasteiger partial charge in [-0.3, -0.25) is 0 Å². The Kier molecular flexibility index (Phi) is 18.7. The van der Waals surface area contributed by atoms with Gasteiger partial charge >= 0.3 is 0 Å². The van der Waals surface area contributed by atoms with E-state index in [4.69, 9.17) is 0 Å². The molecule has 0 fully saturated rings. The molecule has 10 heavy (non-hydrogen) atoms. The molecule has 0 aliphatic rings. The van der Waals surface area contributed by atoms with Crippen LogP contribution in [0.2, 0.25) is 0 Å². The zero-order valence-corrected chi connectivity index (χ0v) is 7.61. The molecule has 0 rings (SSSR count). The summed E-state index contributed by atoms with van der Waals surface area (Å²) in [7, 11) is 0. The van der Waals surface area contributed by atoms with Gasteiger partial charge in [0.05, 0.1) is 0 Å². The van der Waals surface area contributed by atoms with Crippen LogP contribution in [0.1, 0.15) is 40.0 Å². The molecule has 0 spiro atoms. The molecule has 0 aromatic heterocycles. The molecule has 2 nitrogen and oxygen atoms in total. The van der Waals surface area contributed by atoms with Crippen molar-refractivity contribution in [3.05, 3.63) is 11.6 Å². The third-order valence-electron chi connectivity index (χ3n) is 1.40. The lowest BCUT2D eigenvalue weighted by atomic mass is 10.1. The Morgan fingerprint density at radius 1 is 1.00 bits per heavy atom. The molecule has 64 valence electrons. The predicted molar refractivity (Wildman–Crippen MR) is 49.0 cm³/mol. The molecule has 0 unspecified atom stereocenters. The van der Waals surface area contributed by atoms with Gasteiger partial charge in [0.15, 0.2) is 0 Å². The van der Waals surface area contributed by atoms with Crippen LogP contribution >= 0.6 is 0 Å². The Morgan fingerprint density at radius 2 is 1.40 bits per heavy atom. The first kappa shape index (κ1) is 16.3. The quantitative estimate of drug-likeness (QED) is 0.598. The Bertz CT molecular complexity index is 71.3. The molecule has 2 heteroatoms. The Morgan fingerprint density at radius 3 is 1.50 bits per heavy atom. The van der Waals surface area contributed by atoms with Crippen LogP contribution in [0.25, 0.3) is 0 Å². The first-order valence-corrected chi connectivity index (χ1v) is 3.53. The van der Waals surface area contributed by atoms with Gasteiger partial charge in [-0.2, -0.15) is 0 Å². The fourth-order valence-electron chi connectivity index (χ4n) is 0.827. The van der Waals surface area contributed by atoms with Crippen molar-refractivity contribution in [3.63, 3.8) is 0 Å². The highest BCUT2D eigenvalue weighted by atomic mass is 14.0. The van der Waals surface area contributed by atoms with Crippen molar-refractivity contribution in [1.82, 2.24) is 12.3 Å². The Hall–Kier alpha value is -0.340. The number of rotatable bonds is 3. The van der Waals surface area contributed by atoms with Gasteiger partial charge in [-0.1, -0.05) is 32.4 Å². The van der Waals surface area contributed by atoms with E-state index < -0.39 is 0 Å². The summed E-state index contributed by atoms with van der Waals surface area (Å²) in [6.07, 6.45) is 5.96. The monoisotopic (exact) mass is 146 g/mol. The van der Waals surface area contributed by atoms with Gasteiger partial charge in [0, 0.05) is 0 Å². The van der Waals surface area contributed by atoms with Crippen molar-refractivity contribution in [1.29, 1.82) is 0 Å². The van der Waals surface area contributed by atoms with Gasteiger partial charge in [0.1, 0.15) is 0 Å². The second kappa shape index (κ2) is 11.5. The molecule has 0 aliphatic carbocycles. The molecule has 0 aromatic rings. The standard InChI is InChI=1S/C8H16.2H3N/c1-4-7-8(5-2)6-3;;/h7H,4-6H2,1-3H3;2*1H3. The highest BCUT2D eigenvalue weighted by Gasteiger charge is 1.84. The molecule has 0 amide bonds. The van der Waals surface area contributed by atoms with Crippen LogP contribution in [0.4, 0.5) is 0 Å². The molecule has 0 heterocycles. The van der Waals surface area contributed by atoms with Crippen molar-refractivity contribution in [2.45, 2.75) is 40.0 Å². The second-order valence-electron chi connectivity index (χ2n) is 1.98. The average Bonchev–Trinajstić information content (AvgIpc) is 1.83. The van der Waals surface area contributed by atoms with E-state index in [-0.39, 0.29) is 12.3 Å². The minimum atomic E-state index is 0. The summed E-state index contributed by atoms with van der Waals surface area (Å²) >= 11 is 0. The van der Waals surface area contributed by atoms with Crippen LogP contribution in [-0.2, 0) is 0 Å². The van der Waals surface area contributed by atoms with Crippen LogP contribution in [0.15, 0.2) is 11.6 Å². The smallest absolute Gasteiger partial charge is 0.0349 e. The van der Waals surface area contributed by atoms with E-state index in [1.807, 2.05) is 0 Å². The summed E-state index contributed by atoms with van der Waals surface area (Å²) in [6, 6.07) is 0. The molecule has 0 aliphatic heterocycles. The second-order valence-corrected chi connectivity index (χ2v) is 1.98. The normalized spacial score (nSPS) is 7.10. The SMILES string of the molecule is CCC=C(CC)CC.N.N. The van der Waals surface area contributed by atoms with Crippen molar-refractivity contribution < 1.29 is 0 Å². The zero-order valence-electron chi connectivity index (χ0n) is 7.61. The van der Waals surface area contributed by atoms with E-state index in [9.17, 15) is 0 Å². The highest BCUT2D eigenvalue weighted by Crippen LogP contribution is 2.05. The minimum absolute atomic E-state index is 0. The van der Waals surface area contributed by atoms with Crippen LogP contribution in [0.5, 0.6) is 0 Å². The third kappa shape index (κ3) is 7.66. The van der Waals surface area contributed by atoms with Gasteiger partial charge in [0.2, 0.25) is 0 Å². The molecule has 0 atom stereocenters. The molecule has 0 saturated carbocycles. The largest absolute Gasteiger partial charge is 0.344 e. The lowest BCUT2D eigenvalue weighted by molar-refractivity contribution is 0.955. The third-order valence-corrected chi connectivity index (χ3v) is 1.40. The fourth-order valence-corrected chi connectivity index (χ4v) is 0.827. The molecule has 0 bridgehead atoms. The lowest BCUT2D eigenvalue weighted by Crippen LogP contribution is -1.74. The Balaban J connectivity index is -0.000000245. The summed E-state index contributed by atoms with van der Waals surface area (Å²) in [5.74, 6) is 0. The topological polar surface area (TPSA) is 70.0 Å². The summed E-state index contributed by atoms with van der Waals surface area (Å²) in [4.78, 5) is 0. The van der Waals surface area contributed by atoms with E-state index in [1.165, 1.54) is 19.3 Å². The van der Waals surface area contributed by atoms with Gasteiger partial charge in [0.25, 0.3) is 0 Å². The first-order valence-electron chi connectivity index (χ1n) is 3.53. The van der Waals surface area contributed by atoms with Crippen molar-refractivity contribution in [2.75, 3.05) is 0 Å². The first-order chi connectivity index (χ1) is 3.85. The lowest BCUT2D eigenvalue weighted by Gasteiger charge is -1.95. The van der Waals surface area contributed by atoms with Crippen LogP contribution in [-0.4, -0.2) is 0 Å². The number of hydrogen-bond donors (Lipinski definition) is 2. The van der Waals surface area contributed by atoms with E-state index in [2.05, 4.69) is 26.8 Å².